The summed E-state index contributed by atoms with van der Waals surface area (Å²) in [6.07, 6.45) is 0.527. The molecule has 3 rings (SSSR count). The second kappa shape index (κ2) is 10.0. The summed E-state index contributed by atoms with van der Waals surface area (Å²) in [6.45, 7) is 8.42. The number of amides is 2. The maximum atomic E-state index is 13.4. The second-order valence-corrected chi connectivity index (χ2v) is 10.3. The maximum absolute atomic E-state index is 13.4. The van der Waals surface area contributed by atoms with Gasteiger partial charge in [-0.25, -0.2) is 12.8 Å². The van der Waals surface area contributed by atoms with Crippen LogP contribution in [0.4, 0.5) is 10.1 Å². The Morgan fingerprint density at radius 1 is 1.09 bits per heavy atom. The van der Waals surface area contributed by atoms with E-state index in [2.05, 4.69) is 5.32 Å². The summed E-state index contributed by atoms with van der Waals surface area (Å²) in [5.74, 6) is -1.35. The monoisotopic (exact) mass is 475 g/mol. The van der Waals surface area contributed by atoms with E-state index in [1.807, 2.05) is 13.8 Å². The fourth-order valence-corrected chi connectivity index (χ4v) is 5.50. The average Bonchev–Trinajstić information content (AvgIpc) is 3.21. The number of fused-ring (bicyclic) bond motifs is 1. The summed E-state index contributed by atoms with van der Waals surface area (Å²) in [6, 6.07) is 9.18. The van der Waals surface area contributed by atoms with Gasteiger partial charge in [0, 0.05) is 30.9 Å². The molecule has 2 amide bonds. The van der Waals surface area contributed by atoms with Gasteiger partial charge in [0.1, 0.15) is 11.9 Å². The predicted molar refractivity (Wildman–Crippen MR) is 125 cm³/mol. The minimum Gasteiger partial charge on any atom is -0.340 e. The Hall–Kier alpha value is -2.78. The number of anilines is 1. The molecule has 0 bridgehead atoms. The lowest BCUT2D eigenvalue weighted by molar-refractivity contribution is -0.121. The summed E-state index contributed by atoms with van der Waals surface area (Å²) in [5, 5.41) is 2.77. The van der Waals surface area contributed by atoms with Crippen LogP contribution < -0.4 is 10.2 Å². The number of halogens is 1. The largest absolute Gasteiger partial charge is 0.340 e. The molecule has 1 aliphatic heterocycles. The number of rotatable bonds is 8. The van der Waals surface area contributed by atoms with Gasteiger partial charge in [0.05, 0.1) is 4.90 Å². The Morgan fingerprint density at radius 3 is 2.30 bits per heavy atom. The molecule has 0 radical (unpaired) electrons. The number of carbonyl (C=O) groups is 2. The van der Waals surface area contributed by atoms with E-state index in [9.17, 15) is 22.4 Å². The Kier molecular flexibility index (Phi) is 7.54. The first-order chi connectivity index (χ1) is 15.6. The first-order valence-electron chi connectivity index (χ1n) is 11.1. The SMILES string of the molecule is CCN(CC)S(=O)(=O)c1ccc2c(c1)CCN2C(=O)[C@@H](NC(=O)c1ccc(F)cc1)C(C)C. The number of sulfonamides is 1. The zero-order chi connectivity index (χ0) is 24.3. The number of hydrogen-bond acceptors (Lipinski definition) is 4. The minimum absolute atomic E-state index is 0.187. The quantitative estimate of drug-likeness (QED) is 0.635. The highest BCUT2D eigenvalue weighted by Gasteiger charge is 2.34. The summed E-state index contributed by atoms with van der Waals surface area (Å²) >= 11 is 0. The van der Waals surface area contributed by atoms with Gasteiger partial charge in [0.15, 0.2) is 0 Å². The number of benzene rings is 2. The Bertz CT molecular complexity index is 1130. The molecule has 2 aromatic rings. The number of nitrogens with one attached hydrogen (secondary N) is 1. The van der Waals surface area contributed by atoms with Crippen LogP contribution in [0.3, 0.4) is 0 Å². The minimum atomic E-state index is -3.59. The van der Waals surface area contributed by atoms with Crippen molar-refractivity contribution in [1.82, 2.24) is 9.62 Å². The second-order valence-electron chi connectivity index (χ2n) is 8.32. The summed E-state index contributed by atoms with van der Waals surface area (Å²) in [4.78, 5) is 27.8. The Balaban J connectivity index is 1.83. The zero-order valence-corrected chi connectivity index (χ0v) is 20.2. The summed E-state index contributed by atoms with van der Waals surface area (Å²) in [5.41, 5.74) is 1.70. The molecule has 9 heteroatoms. The molecular formula is C24H30FN3O4S. The van der Waals surface area contributed by atoms with Crippen molar-refractivity contribution in [2.45, 2.75) is 45.1 Å². The number of hydrogen-bond donors (Lipinski definition) is 1. The van der Waals surface area contributed by atoms with Crippen molar-refractivity contribution < 1.29 is 22.4 Å². The van der Waals surface area contributed by atoms with Crippen LogP contribution in [-0.4, -0.2) is 50.2 Å². The van der Waals surface area contributed by atoms with E-state index in [1.165, 1.54) is 34.6 Å². The van der Waals surface area contributed by atoms with Crippen LogP contribution in [-0.2, 0) is 21.2 Å². The highest BCUT2D eigenvalue weighted by molar-refractivity contribution is 7.89. The van der Waals surface area contributed by atoms with Gasteiger partial charge in [0.2, 0.25) is 15.9 Å². The van der Waals surface area contributed by atoms with Crippen molar-refractivity contribution in [1.29, 1.82) is 0 Å². The van der Waals surface area contributed by atoms with Crippen LogP contribution in [0.2, 0.25) is 0 Å². The van der Waals surface area contributed by atoms with Gasteiger partial charge in [-0.05, 0) is 60.4 Å². The number of carbonyl (C=O) groups excluding carboxylic acids is 2. The molecule has 1 N–H and O–H groups in total. The smallest absolute Gasteiger partial charge is 0.251 e. The molecular weight excluding hydrogens is 445 g/mol. The fourth-order valence-electron chi connectivity index (χ4n) is 3.99. The molecule has 7 nitrogen and oxygen atoms in total. The lowest BCUT2D eigenvalue weighted by atomic mass is 10.0. The van der Waals surface area contributed by atoms with Crippen molar-refractivity contribution >= 4 is 27.5 Å². The third kappa shape index (κ3) is 5.09. The highest BCUT2D eigenvalue weighted by Crippen LogP contribution is 2.32. The molecule has 0 fully saturated rings. The van der Waals surface area contributed by atoms with E-state index < -0.39 is 27.8 Å². The van der Waals surface area contributed by atoms with E-state index in [-0.39, 0.29) is 22.3 Å². The summed E-state index contributed by atoms with van der Waals surface area (Å²) in [7, 11) is -3.59. The zero-order valence-electron chi connectivity index (χ0n) is 19.3. The van der Waals surface area contributed by atoms with Gasteiger partial charge in [-0.15, -0.1) is 0 Å². The Labute approximate surface area is 194 Å². The van der Waals surface area contributed by atoms with Gasteiger partial charge in [0.25, 0.3) is 5.91 Å². The van der Waals surface area contributed by atoms with Crippen LogP contribution in [0.25, 0.3) is 0 Å². The van der Waals surface area contributed by atoms with Crippen LogP contribution in [0.5, 0.6) is 0 Å². The van der Waals surface area contributed by atoms with Crippen LogP contribution >= 0.6 is 0 Å². The summed E-state index contributed by atoms with van der Waals surface area (Å²) < 4.78 is 40.3. The molecule has 178 valence electrons. The van der Waals surface area contributed by atoms with Crippen molar-refractivity contribution in [3.8, 4) is 0 Å². The van der Waals surface area contributed by atoms with Crippen LogP contribution in [0.15, 0.2) is 47.4 Å². The van der Waals surface area contributed by atoms with Crippen molar-refractivity contribution in [3.05, 3.63) is 59.4 Å². The topological polar surface area (TPSA) is 86.8 Å². The average molecular weight is 476 g/mol. The Morgan fingerprint density at radius 2 is 1.73 bits per heavy atom. The molecule has 0 unspecified atom stereocenters. The molecule has 1 atom stereocenters. The standard InChI is InChI=1S/C24H30FN3O4S/c1-5-27(6-2)33(31,32)20-11-12-21-18(15-20)13-14-28(21)24(30)22(16(3)4)26-23(29)17-7-9-19(25)10-8-17/h7-12,15-16,22H,5-6,13-14H2,1-4H3,(H,26,29)/t22-/m0/s1. The van der Waals surface area contributed by atoms with E-state index in [1.54, 1.807) is 30.9 Å². The van der Waals surface area contributed by atoms with E-state index in [0.29, 0.717) is 31.7 Å². The first kappa shape index (κ1) is 24.9. The normalized spacial score (nSPS) is 14.5. The van der Waals surface area contributed by atoms with Crippen LogP contribution in [0, 0.1) is 11.7 Å². The van der Waals surface area contributed by atoms with Gasteiger partial charge in [-0.1, -0.05) is 27.7 Å². The lowest BCUT2D eigenvalue weighted by Crippen LogP contribution is -2.51. The van der Waals surface area contributed by atoms with Crippen molar-refractivity contribution in [2.75, 3.05) is 24.5 Å². The maximum Gasteiger partial charge on any atom is 0.251 e. The third-order valence-electron chi connectivity index (χ3n) is 5.88. The van der Waals surface area contributed by atoms with E-state index in [4.69, 9.17) is 0 Å². The molecule has 2 aromatic carbocycles. The van der Waals surface area contributed by atoms with Crippen molar-refractivity contribution in [2.24, 2.45) is 5.92 Å². The van der Waals surface area contributed by atoms with Gasteiger partial charge >= 0.3 is 0 Å². The van der Waals surface area contributed by atoms with Gasteiger partial charge in [-0.2, -0.15) is 4.31 Å². The predicted octanol–water partition coefficient (Wildman–Crippen LogP) is 3.20. The lowest BCUT2D eigenvalue weighted by Gasteiger charge is -2.27. The van der Waals surface area contributed by atoms with E-state index in [0.717, 1.165) is 5.56 Å². The number of nitrogens with zero attached hydrogens (tertiary/aromatic N) is 2. The third-order valence-corrected chi connectivity index (χ3v) is 7.93. The molecule has 33 heavy (non-hydrogen) atoms. The molecule has 1 heterocycles. The molecule has 0 saturated carbocycles. The molecule has 0 aliphatic carbocycles. The molecule has 1 aliphatic rings. The van der Waals surface area contributed by atoms with Gasteiger partial charge < -0.3 is 10.2 Å². The van der Waals surface area contributed by atoms with Crippen molar-refractivity contribution in [3.63, 3.8) is 0 Å². The van der Waals surface area contributed by atoms with Gasteiger partial charge in [-0.3, -0.25) is 9.59 Å². The van der Waals surface area contributed by atoms with E-state index >= 15 is 0 Å². The molecule has 0 saturated heterocycles. The van der Waals surface area contributed by atoms with Crippen LogP contribution in [0.1, 0.15) is 43.6 Å². The molecule has 0 aromatic heterocycles. The molecule has 0 spiro atoms. The first-order valence-corrected chi connectivity index (χ1v) is 12.5. The highest BCUT2D eigenvalue weighted by atomic mass is 32.2. The fraction of sp³-hybridized carbons (Fsp3) is 0.417.